The molecule has 2 rings (SSSR count). The summed E-state index contributed by atoms with van der Waals surface area (Å²) in [5, 5.41) is 0. The Hall–Kier alpha value is -2.40. The minimum absolute atomic E-state index is 0.0251. The van der Waals surface area contributed by atoms with Gasteiger partial charge in [0.25, 0.3) is 0 Å². The van der Waals surface area contributed by atoms with E-state index in [-0.39, 0.29) is 11.7 Å². The first-order valence-electron chi connectivity index (χ1n) is 8.35. The molecule has 0 spiro atoms. The van der Waals surface area contributed by atoms with Crippen molar-refractivity contribution >= 4 is 5.91 Å². The molecule has 0 N–H and O–H groups in total. The van der Waals surface area contributed by atoms with Crippen molar-refractivity contribution in [3.8, 4) is 5.75 Å². The number of benzene rings is 2. The van der Waals surface area contributed by atoms with Crippen molar-refractivity contribution in [2.24, 2.45) is 0 Å². The van der Waals surface area contributed by atoms with Crippen molar-refractivity contribution in [1.29, 1.82) is 0 Å². The number of carbonyl (C=O) groups is 1. The summed E-state index contributed by atoms with van der Waals surface area (Å²) in [5.74, 6) is 0.548. The third-order valence-corrected chi connectivity index (χ3v) is 3.99. The third-order valence-electron chi connectivity index (χ3n) is 3.99. The molecule has 1 amide bonds. The predicted molar refractivity (Wildman–Crippen MR) is 96.8 cm³/mol. The van der Waals surface area contributed by atoms with Gasteiger partial charge in [0, 0.05) is 19.6 Å². The summed E-state index contributed by atoms with van der Waals surface area (Å²) in [6, 6.07) is 14.2. The first-order valence-corrected chi connectivity index (χ1v) is 8.35. The summed E-state index contributed by atoms with van der Waals surface area (Å²) in [5.41, 5.74) is 1.88. The lowest BCUT2D eigenvalue weighted by Crippen LogP contribution is -2.38. The molecule has 4 nitrogen and oxygen atoms in total. The quantitative estimate of drug-likeness (QED) is 0.736. The van der Waals surface area contributed by atoms with E-state index in [9.17, 15) is 9.18 Å². The van der Waals surface area contributed by atoms with E-state index >= 15 is 0 Å². The summed E-state index contributed by atoms with van der Waals surface area (Å²) in [4.78, 5) is 16.2. The minimum Gasteiger partial charge on any atom is -0.497 e. The van der Waals surface area contributed by atoms with Gasteiger partial charge in [-0.1, -0.05) is 24.3 Å². The molecule has 0 saturated heterocycles. The highest BCUT2D eigenvalue weighted by molar-refractivity contribution is 5.78. The number of nitrogens with zero attached hydrogens (tertiary/aromatic N) is 2. The molecule has 2 aromatic carbocycles. The second kappa shape index (κ2) is 9.18. The number of hydrogen-bond acceptors (Lipinski definition) is 3. The van der Waals surface area contributed by atoms with Crippen molar-refractivity contribution in [3.63, 3.8) is 0 Å². The van der Waals surface area contributed by atoms with Crippen LogP contribution in [0.5, 0.6) is 5.75 Å². The molecule has 0 radical (unpaired) electrons. The lowest BCUT2D eigenvalue weighted by atomic mass is 10.2. The van der Waals surface area contributed by atoms with E-state index in [0.29, 0.717) is 26.2 Å². The molecule has 5 heteroatoms. The highest BCUT2D eigenvalue weighted by Gasteiger charge is 2.15. The summed E-state index contributed by atoms with van der Waals surface area (Å²) >= 11 is 0. The van der Waals surface area contributed by atoms with Crippen molar-refractivity contribution < 1.29 is 13.9 Å². The number of halogens is 1. The Balaban J connectivity index is 1.93. The van der Waals surface area contributed by atoms with Gasteiger partial charge in [0.05, 0.1) is 13.7 Å². The number of ether oxygens (including phenoxy) is 1. The maximum absolute atomic E-state index is 13.3. The highest BCUT2D eigenvalue weighted by Crippen LogP contribution is 2.14. The molecule has 0 aliphatic carbocycles. The largest absolute Gasteiger partial charge is 0.497 e. The van der Waals surface area contributed by atoms with Gasteiger partial charge in [-0.2, -0.15) is 0 Å². The van der Waals surface area contributed by atoms with Crippen molar-refractivity contribution in [2.45, 2.75) is 20.0 Å². The van der Waals surface area contributed by atoms with Crippen LogP contribution in [-0.4, -0.2) is 43.0 Å². The first kappa shape index (κ1) is 18.9. The van der Waals surface area contributed by atoms with Crippen LogP contribution < -0.4 is 4.74 Å². The SMILES string of the molecule is CCN(Cc1cccc(F)c1)C(=O)CN(C)Cc1cccc(OC)c1. The van der Waals surface area contributed by atoms with Crippen LogP contribution in [0.1, 0.15) is 18.1 Å². The fourth-order valence-corrected chi connectivity index (χ4v) is 2.70. The number of likely N-dealkylation sites (N-methyl/N-ethyl adjacent to an activating group) is 2. The average Bonchev–Trinajstić information content (AvgIpc) is 2.59. The number of carbonyl (C=O) groups excluding carboxylic acids is 1. The summed E-state index contributed by atoms with van der Waals surface area (Å²) in [6.45, 7) is 3.89. The molecule has 0 atom stereocenters. The Bertz CT molecular complexity index is 706. The van der Waals surface area contributed by atoms with Crippen LogP contribution >= 0.6 is 0 Å². The van der Waals surface area contributed by atoms with Crippen LogP contribution in [0.15, 0.2) is 48.5 Å². The maximum atomic E-state index is 13.3. The number of amides is 1. The molecule has 134 valence electrons. The third kappa shape index (κ3) is 5.87. The van der Waals surface area contributed by atoms with E-state index in [1.807, 2.05) is 49.2 Å². The summed E-state index contributed by atoms with van der Waals surface area (Å²) in [6.07, 6.45) is 0. The Morgan fingerprint density at radius 1 is 1.08 bits per heavy atom. The van der Waals surface area contributed by atoms with E-state index in [1.165, 1.54) is 12.1 Å². The van der Waals surface area contributed by atoms with Crippen molar-refractivity contribution in [3.05, 3.63) is 65.5 Å². The van der Waals surface area contributed by atoms with Gasteiger partial charge in [-0.15, -0.1) is 0 Å². The molecule has 0 heterocycles. The van der Waals surface area contributed by atoms with Gasteiger partial charge in [-0.3, -0.25) is 9.69 Å². The molecule has 0 aliphatic heterocycles. The van der Waals surface area contributed by atoms with Gasteiger partial charge in [0.15, 0.2) is 0 Å². The zero-order valence-electron chi connectivity index (χ0n) is 15.0. The Labute approximate surface area is 148 Å². The monoisotopic (exact) mass is 344 g/mol. The zero-order valence-corrected chi connectivity index (χ0v) is 15.0. The predicted octanol–water partition coefficient (Wildman–Crippen LogP) is 3.31. The number of rotatable bonds is 8. The van der Waals surface area contributed by atoms with Crippen LogP contribution in [0, 0.1) is 5.82 Å². The second-order valence-electron chi connectivity index (χ2n) is 6.06. The van der Waals surface area contributed by atoms with Crippen LogP contribution in [0.2, 0.25) is 0 Å². The lowest BCUT2D eigenvalue weighted by Gasteiger charge is -2.24. The van der Waals surface area contributed by atoms with Gasteiger partial charge in [-0.05, 0) is 49.4 Å². The van der Waals surface area contributed by atoms with Crippen LogP contribution in [0.25, 0.3) is 0 Å². The zero-order chi connectivity index (χ0) is 18.2. The lowest BCUT2D eigenvalue weighted by molar-refractivity contribution is -0.132. The molecule has 25 heavy (non-hydrogen) atoms. The smallest absolute Gasteiger partial charge is 0.237 e. The van der Waals surface area contributed by atoms with Gasteiger partial charge in [-0.25, -0.2) is 4.39 Å². The average molecular weight is 344 g/mol. The molecular formula is C20H25FN2O2. The molecule has 0 aromatic heterocycles. The van der Waals surface area contributed by atoms with Gasteiger partial charge in [0.1, 0.15) is 11.6 Å². The molecular weight excluding hydrogens is 319 g/mol. The van der Waals surface area contributed by atoms with Crippen molar-refractivity contribution in [2.75, 3.05) is 27.2 Å². The van der Waals surface area contributed by atoms with Gasteiger partial charge < -0.3 is 9.64 Å². The highest BCUT2D eigenvalue weighted by atomic mass is 19.1. The number of methoxy groups -OCH3 is 1. The summed E-state index contributed by atoms with van der Waals surface area (Å²) in [7, 11) is 3.55. The van der Waals surface area contributed by atoms with Crippen molar-refractivity contribution in [1.82, 2.24) is 9.80 Å². The van der Waals surface area contributed by atoms with Crippen LogP contribution in [0.3, 0.4) is 0 Å². The molecule has 0 saturated carbocycles. The molecule has 0 unspecified atom stereocenters. The second-order valence-corrected chi connectivity index (χ2v) is 6.06. The van der Waals surface area contributed by atoms with E-state index in [1.54, 1.807) is 18.1 Å². The topological polar surface area (TPSA) is 32.8 Å². The van der Waals surface area contributed by atoms with E-state index < -0.39 is 0 Å². The van der Waals surface area contributed by atoms with Gasteiger partial charge >= 0.3 is 0 Å². The molecule has 2 aromatic rings. The molecule has 0 fully saturated rings. The standard InChI is InChI=1S/C20H25FN2O2/c1-4-23(14-16-7-5-9-18(21)11-16)20(24)15-22(2)13-17-8-6-10-19(12-17)25-3/h5-12H,4,13-15H2,1-3H3. The molecule has 0 aliphatic rings. The minimum atomic E-state index is -0.281. The van der Waals surface area contributed by atoms with Gasteiger partial charge in [0.2, 0.25) is 5.91 Å². The van der Waals surface area contributed by atoms with Crippen LogP contribution in [0.4, 0.5) is 4.39 Å². The fraction of sp³-hybridized carbons (Fsp3) is 0.350. The number of hydrogen-bond donors (Lipinski definition) is 0. The van der Waals surface area contributed by atoms with E-state index in [0.717, 1.165) is 16.9 Å². The Kier molecular flexibility index (Phi) is 6.95. The van der Waals surface area contributed by atoms with E-state index in [4.69, 9.17) is 4.74 Å². The first-order chi connectivity index (χ1) is 12.0. The Morgan fingerprint density at radius 3 is 2.40 bits per heavy atom. The Morgan fingerprint density at radius 2 is 1.76 bits per heavy atom. The summed E-state index contributed by atoms with van der Waals surface area (Å²) < 4.78 is 18.5. The normalized spacial score (nSPS) is 10.8. The fourth-order valence-electron chi connectivity index (χ4n) is 2.70. The van der Waals surface area contributed by atoms with E-state index in [2.05, 4.69) is 0 Å². The van der Waals surface area contributed by atoms with Crippen LogP contribution in [-0.2, 0) is 17.9 Å². The maximum Gasteiger partial charge on any atom is 0.237 e. The molecule has 0 bridgehead atoms.